The van der Waals surface area contributed by atoms with E-state index in [9.17, 15) is 4.79 Å². The van der Waals surface area contributed by atoms with Crippen molar-refractivity contribution in [3.05, 3.63) is 0 Å². The van der Waals surface area contributed by atoms with Gasteiger partial charge in [-0.2, -0.15) is 0 Å². The number of carbonyl (C=O) groups is 1. The fraction of sp³-hybridized carbons (Fsp3) is 0.938. The minimum atomic E-state index is 0.0270. The molecule has 104 valence electrons. The lowest BCUT2D eigenvalue weighted by molar-refractivity contribution is -0.144. The first-order valence-electron chi connectivity index (χ1n) is 7.93. The molecule has 2 aliphatic carbocycles. The van der Waals surface area contributed by atoms with Gasteiger partial charge in [0.2, 0.25) is 0 Å². The Kier molecular flexibility index (Phi) is 5.52. The number of unbranched alkanes of at least 4 members (excludes halogenated alkanes) is 1. The van der Waals surface area contributed by atoms with E-state index in [0.717, 1.165) is 37.0 Å². The number of carbonyl (C=O) groups excluding carboxylic acids is 1. The van der Waals surface area contributed by atoms with Crippen molar-refractivity contribution >= 4 is 5.97 Å². The van der Waals surface area contributed by atoms with Crippen molar-refractivity contribution in [2.75, 3.05) is 6.61 Å². The van der Waals surface area contributed by atoms with Crippen molar-refractivity contribution in [2.45, 2.75) is 71.1 Å². The van der Waals surface area contributed by atoms with Crippen molar-refractivity contribution in [1.82, 2.24) is 0 Å². The Morgan fingerprint density at radius 1 is 1.17 bits per heavy atom. The molecule has 2 unspecified atom stereocenters. The van der Waals surface area contributed by atoms with Gasteiger partial charge in [-0.15, -0.1) is 0 Å². The van der Waals surface area contributed by atoms with E-state index in [1.54, 1.807) is 0 Å². The summed E-state index contributed by atoms with van der Waals surface area (Å²) < 4.78 is 5.23. The highest BCUT2D eigenvalue weighted by molar-refractivity contribution is 5.69. The van der Waals surface area contributed by atoms with Gasteiger partial charge in [-0.1, -0.05) is 32.6 Å². The normalized spacial score (nSPS) is 31.1. The van der Waals surface area contributed by atoms with Gasteiger partial charge in [0.1, 0.15) is 0 Å². The summed E-state index contributed by atoms with van der Waals surface area (Å²) in [6, 6.07) is 0. The molecule has 0 aromatic carbocycles. The number of fused-ring (bicyclic) bond motifs is 2. The van der Waals surface area contributed by atoms with Crippen LogP contribution < -0.4 is 0 Å². The first-order valence-corrected chi connectivity index (χ1v) is 7.93. The molecule has 0 radical (unpaired) electrons. The standard InChI is InChI=1S/C16H28O2/c1-2-3-9-18-16(17)8-7-15-11-13-5-4-6-14(10-13)12-15/h13-15H,2-12H2,1H3. The van der Waals surface area contributed by atoms with E-state index in [1.165, 1.54) is 38.5 Å². The van der Waals surface area contributed by atoms with Crippen LogP contribution in [0.5, 0.6) is 0 Å². The lowest BCUT2D eigenvalue weighted by Crippen LogP contribution is -2.27. The smallest absolute Gasteiger partial charge is 0.305 e. The van der Waals surface area contributed by atoms with Crippen LogP contribution in [0.2, 0.25) is 0 Å². The van der Waals surface area contributed by atoms with Gasteiger partial charge in [-0.3, -0.25) is 4.79 Å². The number of esters is 1. The minimum Gasteiger partial charge on any atom is -0.466 e. The number of ether oxygens (including phenoxy) is 1. The topological polar surface area (TPSA) is 26.3 Å². The van der Waals surface area contributed by atoms with Gasteiger partial charge in [0.15, 0.2) is 0 Å². The average Bonchev–Trinajstić information content (AvgIpc) is 2.36. The van der Waals surface area contributed by atoms with E-state index in [-0.39, 0.29) is 5.97 Å². The summed E-state index contributed by atoms with van der Waals surface area (Å²) in [5.74, 6) is 2.77. The molecular formula is C16H28O2. The van der Waals surface area contributed by atoms with Crippen molar-refractivity contribution in [1.29, 1.82) is 0 Å². The molecule has 0 aromatic heterocycles. The molecule has 2 aliphatic rings. The summed E-state index contributed by atoms with van der Waals surface area (Å²) in [5.41, 5.74) is 0. The molecule has 2 fully saturated rings. The molecule has 0 spiro atoms. The Morgan fingerprint density at radius 3 is 2.56 bits per heavy atom. The third kappa shape index (κ3) is 4.29. The molecule has 2 nitrogen and oxygen atoms in total. The summed E-state index contributed by atoms with van der Waals surface area (Å²) in [4.78, 5) is 11.6. The Morgan fingerprint density at radius 2 is 1.89 bits per heavy atom. The van der Waals surface area contributed by atoms with Gasteiger partial charge in [0, 0.05) is 6.42 Å². The molecule has 2 bridgehead atoms. The van der Waals surface area contributed by atoms with Crippen LogP contribution in [0.15, 0.2) is 0 Å². The second-order valence-electron chi connectivity index (χ2n) is 6.35. The van der Waals surface area contributed by atoms with Gasteiger partial charge in [-0.25, -0.2) is 0 Å². The third-order valence-corrected chi connectivity index (χ3v) is 4.74. The maximum Gasteiger partial charge on any atom is 0.305 e. The molecule has 0 aliphatic heterocycles. The Labute approximate surface area is 111 Å². The minimum absolute atomic E-state index is 0.0270. The highest BCUT2D eigenvalue weighted by Gasteiger charge is 2.31. The highest BCUT2D eigenvalue weighted by atomic mass is 16.5. The molecule has 0 saturated heterocycles. The molecule has 2 heteroatoms. The molecule has 2 atom stereocenters. The first-order chi connectivity index (χ1) is 8.78. The third-order valence-electron chi connectivity index (χ3n) is 4.74. The molecule has 0 aromatic rings. The SMILES string of the molecule is CCCCOC(=O)CCC1CC2CCCC(C2)C1. The summed E-state index contributed by atoms with van der Waals surface area (Å²) in [6.07, 6.45) is 12.3. The average molecular weight is 252 g/mol. The van der Waals surface area contributed by atoms with Gasteiger partial charge >= 0.3 is 5.97 Å². The van der Waals surface area contributed by atoms with Crippen LogP contribution in [-0.2, 0) is 9.53 Å². The molecular weight excluding hydrogens is 224 g/mol. The van der Waals surface area contributed by atoms with E-state index in [4.69, 9.17) is 4.74 Å². The fourth-order valence-corrected chi connectivity index (χ4v) is 3.83. The molecule has 0 N–H and O–H groups in total. The van der Waals surface area contributed by atoms with Crippen LogP contribution in [0.1, 0.15) is 71.1 Å². The summed E-state index contributed by atoms with van der Waals surface area (Å²) >= 11 is 0. The summed E-state index contributed by atoms with van der Waals surface area (Å²) in [7, 11) is 0. The second-order valence-corrected chi connectivity index (χ2v) is 6.35. The lowest BCUT2D eigenvalue weighted by atomic mass is 9.67. The van der Waals surface area contributed by atoms with Gasteiger partial charge in [-0.05, 0) is 49.9 Å². The van der Waals surface area contributed by atoms with Crippen molar-refractivity contribution in [3.63, 3.8) is 0 Å². The van der Waals surface area contributed by atoms with Gasteiger partial charge < -0.3 is 4.74 Å². The first kappa shape index (κ1) is 13.9. The predicted octanol–water partition coefficient (Wildman–Crippen LogP) is 4.33. The van der Waals surface area contributed by atoms with Crippen LogP contribution in [0.4, 0.5) is 0 Å². The fourth-order valence-electron chi connectivity index (χ4n) is 3.83. The number of hydrogen-bond acceptors (Lipinski definition) is 2. The second kappa shape index (κ2) is 7.16. The van der Waals surface area contributed by atoms with E-state index < -0.39 is 0 Å². The molecule has 2 saturated carbocycles. The van der Waals surface area contributed by atoms with E-state index in [2.05, 4.69) is 6.92 Å². The van der Waals surface area contributed by atoms with Gasteiger partial charge in [0.25, 0.3) is 0 Å². The molecule has 0 amide bonds. The highest BCUT2D eigenvalue weighted by Crippen LogP contribution is 2.43. The maximum absolute atomic E-state index is 11.6. The molecule has 2 rings (SSSR count). The zero-order chi connectivity index (χ0) is 12.8. The van der Waals surface area contributed by atoms with Crippen molar-refractivity contribution in [2.24, 2.45) is 17.8 Å². The van der Waals surface area contributed by atoms with E-state index in [0.29, 0.717) is 13.0 Å². The van der Waals surface area contributed by atoms with Crippen molar-refractivity contribution < 1.29 is 9.53 Å². The monoisotopic (exact) mass is 252 g/mol. The largest absolute Gasteiger partial charge is 0.466 e. The van der Waals surface area contributed by atoms with Crippen LogP contribution in [-0.4, -0.2) is 12.6 Å². The van der Waals surface area contributed by atoms with E-state index in [1.807, 2.05) is 0 Å². The summed E-state index contributed by atoms with van der Waals surface area (Å²) in [5, 5.41) is 0. The van der Waals surface area contributed by atoms with Crippen LogP contribution in [0.3, 0.4) is 0 Å². The van der Waals surface area contributed by atoms with Crippen LogP contribution in [0, 0.1) is 17.8 Å². The van der Waals surface area contributed by atoms with Crippen molar-refractivity contribution in [3.8, 4) is 0 Å². The Bertz CT molecular complexity index is 250. The zero-order valence-corrected chi connectivity index (χ0v) is 11.8. The molecule has 18 heavy (non-hydrogen) atoms. The quantitative estimate of drug-likeness (QED) is 0.519. The Hall–Kier alpha value is -0.530. The lowest BCUT2D eigenvalue weighted by Gasteiger charge is -2.39. The van der Waals surface area contributed by atoms with E-state index >= 15 is 0 Å². The van der Waals surface area contributed by atoms with Crippen LogP contribution >= 0.6 is 0 Å². The number of hydrogen-bond donors (Lipinski definition) is 0. The van der Waals surface area contributed by atoms with Crippen LogP contribution in [0.25, 0.3) is 0 Å². The number of rotatable bonds is 6. The predicted molar refractivity (Wildman–Crippen MR) is 73.3 cm³/mol. The zero-order valence-electron chi connectivity index (χ0n) is 11.8. The summed E-state index contributed by atoms with van der Waals surface area (Å²) in [6.45, 7) is 2.74. The Balaban J connectivity index is 1.62. The van der Waals surface area contributed by atoms with Gasteiger partial charge in [0.05, 0.1) is 6.61 Å². The molecule has 0 heterocycles. The maximum atomic E-state index is 11.6.